The molecule has 0 atom stereocenters. The van der Waals surface area contributed by atoms with Gasteiger partial charge in [-0.15, -0.1) is 0 Å². The predicted molar refractivity (Wildman–Crippen MR) is 43.4 cm³/mol. The molecule has 1 aliphatic carbocycles. The second kappa shape index (κ2) is 2.45. The minimum atomic E-state index is 0.395. The van der Waals surface area contributed by atoms with Gasteiger partial charge in [-0.1, -0.05) is 5.57 Å². The molecular weight excluding hydrogens is 138 g/mol. The van der Waals surface area contributed by atoms with Crippen LogP contribution < -0.4 is 0 Å². The Kier molecular flexibility index (Phi) is 1.57. The first kappa shape index (κ1) is 7.04. The molecule has 0 saturated heterocycles. The molecular formula is C9H13NO. The topological polar surface area (TPSA) is 20.3 Å². The lowest BCUT2D eigenvalue weighted by molar-refractivity contribution is -0.115. The van der Waals surface area contributed by atoms with Gasteiger partial charge in [-0.3, -0.25) is 4.79 Å². The van der Waals surface area contributed by atoms with Crippen LogP contribution in [0, 0.1) is 0 Å². The number of rotatable bonds is 0. The van der Waals surface area contributed by atoms with E-state index in [1.165, 1.54) is 5.57 Å². The number of likely N-dealkylation sites (N-methyl/N-ethyl adjacent to an activating group) is 1. The molecule has 60 valence electrons. The van der Waals surface area contributed by atoms with Gasteiger partial charge in [-0.2, -0.15) is 0 Å². The van der Waals surface area contributed by atoms with E-state index in [4.69, 9.17) is 0 Å². The standard InChI is InChI=1S/C9H13NO/c1-10-5-4-7-2-3-9(11)8(7)6-10/h2-6H2,1H3. The average molecular weight is 151 g/mol. The summed E-state index contributed by atoms with van der Waals surface area (Å²) in [6.07, 6.45) is 2.94. The molecule has 2 aliphatic rings. The third-order valence-corrected chi connectivity index (χ3v) is 2.64. The largest absolute Gasteiger partial charge is 0.302 e. The van der Waals surface area contributed by atoms with Crippen LogP contribution in [-0.2, 0) is 4.79 Å². The van der Waals surface area contributed by atoms with E-state index in [-0.39, 0.29) is 0 Å². The highest BCUT2D eigenvalue weighted by Gasteiger charge is 2.26. The molecule has 0 aromatic carbocycles. The number of ketones is 1. The highest BCUT2D eigenvalue weighted by Crippen LogP contribution is 2.29. The number of nitrogens with zero attached hydrogens (tertiary/aromatic N) is 1. The van der Waals surface area contributed by atoms with Crippen LogP contribution in [0.4, 0.5) is 0 Å². The van der Waals surface area contributed by atoms with Crippen LogP contribution in [0.3, 0.4) is 0 Å². The van der Waals surface area contributed by atoms with Gasteiger partial charge in [-0.25, -0.2) is 0 Å². The van der Waals surface area contributed by atoms with Gasteiger partial charge in [0.1, 0.15) is 0 Å². The van der Waals surface area contributed by atoms with E-state index in [1.807, 2.05) is 0 Å². The van der Waals surface area contributed by atoms with E-state index in [1.54, 1.807) is 0 Å². The van der Waals surface area contributed by atoms with Gasteiger partial charge in [0.25, 0.3) is 0 Å². The van der Waals surface area contributed by atoms with Gasteiger partial charge >= 0.3 is 0 Å². The van der Waals surface area contributed by atoms with Crippen molar-refractivity contribution in [1.82, 2.24) is 4.90 Å². The number of carbonyl (C=O) groups is 1. The van der Waals surface area contributed by atoms with Crippen molar-refractivity contribution in [1.29, 1.82) is 0 Å². The molecule has 0 bridgehead atoms. The fourth-order valence-corrected chi connectivity index (χ4v) is 1.91. The number of hydrogen-bond donors (Lipinski definition) is 0. The molecule has 0 saturated carbocycles. The van der Waals surface area contributed by atoms with E-state index in [2.05, 4.69) is 11.9 Å². The van der Waals surface area contributed by atoms with Crippen molar-refractivity contribution in [2.24, 2.45) is 0 Å². The Morgan fingerprint density at radius 1 is 1.27 bits per heavy atom. The van der Waals surface area contributed by atoms with E-state index in [0.29, 0.717) is 5.78 Å². The van der Waals surface area contributed by atoms with Crippen molar-refractivity contribution >= 4 is 5.78 Å². The lowest BCUT2D eigenvalue weighted by atomic mass is 10.0. The number of Topliss-reactive ketones (excluding diaryl/α,β-unsaturated/α-hetero) is 1. The molecule has 1 aliphatic heterocycles. The third kappa shape index (κ3) is 1.11. The summed E-state index contributed by atoms with van der Waals surface area (Å²) < 4.78 is 0. The molecule has 0 fully saturated rings. The van der Waals surface area contributed by atoms with Gasteiger partial charge in [-0.05, 0) is 19.9 Å². The Hall–Kier alpha value is -0.630. The Morgan fingerprint density at radius 2 is 2.09 bits per heavy atom. The zero-order chi connectivity index (χ0) is 7.84. The molecule has 0 radical (unpaired) electrons. The molecule has 2 rings (SSSR count). The molecule has 11 heavy (non-hydrogen) atoms. The summed E-state index contributed by atoms with van der Waals surface area (Å²) in [4.78, 5) is 13.5. The molecule has 0 aromatic rings. The van der Waals surface area contributed by atoms with Crippen molar-refractivity contribution in [2.75, 3.05) is 20.1 Å². The van der Waals surface area contributed by atoms with E-state index < -0.39 is 0 Å². The highest BCUT2D eigenvalue weighted by molar-refractivity contribution is 5.99. The van der Waals surface area contributed by atoms with Crippen molar-refractivity contribution in [2.45, 2.75) is 19.3 Å². The zero-order valence-corrected chi connectivity index (χ0v) is 6.89. The zero-order valence-electron chi connectivity index (χ0n) is 6.89. The molecule has 2 heteroatoms. The molecule has 0 unspecified atom stereocenters. The maximum absolute atomic E-state index is 11.3. The van der Waals surface area contributed by atoms with Crippen LogP contribution in [0.15, 0.2) is 11.1 Å². The molecule has 1 heterocycles. The Bertz CT molecular complexity index is 230. The first-order valence-electron chi connectivity index (χ1n) is 4.20. The summed E-state index contributed by atoms with van der Waals surface area (Å²) in [5.41, 5.74) is 2.56. The van der Waals surface area contributed by atoms with E-state index in [0.717, 1.165) is 37.9 Å². The first-order chi connectivity index (χ1) is 5.27. The van der Waals surface area contributed by atoms with Crippen molar-refractivity contribution in [3.8, 4) is 0 Å². The van der Waals surface area contributed by atoms with Crippen LogP contribution in [0.1, 0.15) is 19.3 Å². The third-order valence-electron chi connectivity index (χ3n) is 2.64. The summed E-state index contributed by atoms with van der Waals surface area (Å²) in [5, 5.41) is 0. The van der Waals surface area contributed by atoms with Crippen LogP contribution in [0.2, 0.25) is 0 Å². The SMILES string of the molecule is CN1CCC2=C(C1)C(=O)CC2. The van der Waals surface area contributed by atoms with Crippen LogP contribution >= 0.6 is 0 Å². The maximum Gasteiger partial charge on any atom is 0.160 e. The fourth-order valence-electron chi connectivity index (χ4n) is 1.91. The van der Waals surface area contributed by atoms with E-state index >= 15 is 0 Å². The summed E-state index contributed by atoms with van der Waals surface area (Å²) in [5.74, 6) is 0.395. The molecule has 0 N–H and O–H groups in total. The lowest BCUT2D eigenvalue weighted by Gasteiger charge is -2.23. The summed E-state index contributed by atoms with van der Waals surface area (Å²) in [7, 11) is 2.08. The van der Waals surface area contributed by atoms with Gasteiger partial charge in [0.2, 0.25) is 0 Å². The quantitative estimate of drug-likeness (QED) is 0.514. The highest BCUT2D eigenvalue weighted by atomic mass is 16.1. The molecule has 0 aromatic heterocycles. The van der Waals surface area contributed by atoms with Crippen molar-refractivity contribution < 1.29 is 4.79 Å². The first-order valence-corrected chi connectivity index (χ1v) is 4.20. The minimum absolute atomic E-state index is 0.395. The Labute approximate surface area is 66.9 Å². The molecule has 0 spiro atoms. The maximum atomic E-state index is 11.3. The second-order valence-electron chi connectivity index (χ2n) is 3.49. The molecule has 0 amide bonds. The molecule has 2 nitrogen and oxygen atoms in total. The number of carbonyl (C=O) groups excluding carboxylic acids is 1. The van der Waals surface area contributed by atoms with Gasteiger partial charge < -0.3 is 4.90 Å². The van der Waals surface area contributed by atoms with Gasteiger partial charge in [0.15, 0.2) is 5.78 Å². The summed E-state index contributed by atoms with van der Waals surface area (Å²) >= 11 is 0. The second-order valence-corrected chi connectivity index (χ2v) is 3.49. The smallest absolute Gasteiger partial charge is 0.160 e. The summed E-state index contributed by atoms with van der Waals surface area (Å²) in [6.45, 7) is 2.03. The van der Waals surface area contributed by atoms with Crippen molar-refractivity contribution in [3.63, 3.8) is 0 Å². The monoisotopic (exact) mass is 151 g/mol. The normalized spacial score (nSPS) is 26.1. The fraction of sp³-hybridized carbons (Fsp3) is 0.667. The van der Waals surface area contributed by atoms with Gasteiger partial charge in [0, 0.05) is 25.1 Å². The van der Waals surface area contributed by atoms with E-state index in [9.17, 15) is 4.79 Å². The Balaban J connectivity index is 2.24. The summed E-state index contributed by atoms with van der Waals surface area (Å²) in [6, 6.07) is 0. The van der Waals surface area contributed by atoms with Crippen molar-refractivity contribution in [3.05, 3.63) is 11.1 Å². The Morgan fingerprint density at radius 3 is 2.91 bits per heavy atom. The van der Waals surface area contributed by atoms with Crippen LogP contribution in [-0.4, -0.2) is 30.8 Å². The minimum Gasteiger partial charge on any atom is -0.302 e. The van der Waals surface area contributed by atoms with Crippen LogP contribution in [0.25, 0.3) is 0 Å². The average Bonchev–Trinajstić information content (AvgIpc) is 2.33. The van der Waals surface area contributed by atoms with Crippen LogP contribution in [0.5, 0.6) is 0 Å². The lowest BCUT2D eigenvalue weighted by Crippen LogP contribution is -2.28. The van der Waals surface area contributed by atoms with Gasteiger partial charge in [0.05, 0.1) is 0 Å². The predicted octanol–water partition coefficient (Wildman–Crippen LogP) is 0.981. The number of hydrogen-bond acceptors (Lipinski definition) is 2.